The molecule has 0 heterocycles. The molecule has 1 aromatic rings. The predicted octanol–water partition coefficient (Wildman–Crippen LogP) is 4.19. The number of hydrogen-bond acceptors (Lipinski definition) is 1. The van der Waals surface area contributed by atoms with Gasteiger partial charge in [-0.15, -0.1) is 0 Å². The minimum Gasteiger partial charge on any atom is -0.317 e. The number of benzene rings is 1. The molecule has 1 unspecified atom stereocenters. The minimum atomic E-state index is -0.138. The molecule has 3 heteroatoms. The molecule has 1 aliphatic carbocycles. The molecule has 1 aliphatic rings. The fourth-order valence-corrected chi connectivity index (χ4v) is 3.22. The van der Waals surface area contributed by atoms with Crippen LogP contribution in [0.2, 0.25) is 5.02 Å². The van der Waals surface area contributed by atoms with Crippen LogP contribution in [0.15, 0.2) is 18.2 Å². The molecular formula is C15H21ClFN. The Hall–Kier alpha value is -0.600. The molecule has 1 saturated carbocycles. The van der Waals surface area contributed by atoms with Gasteiger partial charge >= 0.3 is 0 Å². The van der Waals surface area contributed by atoms with Crippen LogP contribution in [0.1, 0.15) is 37.7 Å². The normalized spacial score (nSPS) is 18.2. The predicted molar refractivity (Wildman–Crippen MR) is 74.5 cm³/mol. The first-order chi connectivity index (χ1) is 8.70. The van der Waals surface area contributed by atoms with Crippen LogP contribution in [0.4, 0.5) is 4.39 Å². The molecular weight excluding hydrogens is 249 g/mol. The molecule has 0 amide bonds. The molecule has 0 radical (unpaired) electrons. The van der Waals surface area contributed by atoms with Gasteiger partial charge in [0, 0.05) is 11.1 Å². The summed E-state index contributed by atoms with van der Waals surface area (Å²) in [5, 5.41) is 4.01. The second-order valence-corrected chi connectivity index (χ2v) is 5.65. The maximum atomic E-state index is 13.6. The SMILES string of the molecule is CNC(CCc1cc(Cl)ccc1F)C1CCCC1. The van der Waals surface area contributed by atoms with E-state index in [2.05, 4.69) is 5.32 Å². The Morgan fingerprint density at radius 2 is 2.11 bits per heavy atom. The van der Waals surface area contributed by atoms with Gasteiger partial charge in [-0.05, 0) is 62.4 Å². The van der Waals surface area contributed by atoms with Crippen molar-refractivity contribution in [3.63, 3.8) is 0 Å². The smallest absolute Gasteiger partial charge is 0.126 e. The molecule has 2 rings (SSSR count). The number of hydrogen-bond donors (Lipinski definition) is 1. The second-order valence-electron chi connectivity index (χ2n) is 5.21. The van der Waals surface area contributed by atoms with E-state index in [1.165, 1.54) is 31.7 Å². The average Bonchev–Trinajstić information content (AvgIpc) is 2.88. The fourth-order valence-electron chi connectivity index (χ4n) is 3.02. The molecule has 0 aromatic heterocycles. The maximum Gasteiger partial charge on any atom is 0.126 e. The quantitative estimate of drug-likeness (QED) is 0.845. The van der Waals surface area contributed by atoms with Gasteiger partial charge in [0.25, 0.3) is 0 Å². The molecule has 1 nitrogen and oxygen atoms in total. The van der Waals surface area contributed by atoms with Crippen molar-refractivity contribution < 1.29 is 4.39 Å². The third-order valence-corrected chi connectivity index (χ3v) is 4.31. The van der Waals surface area contributed by atoms with Gasteiger partial charge in [0.2, 0.25) is 0 Å². The van der Waals surface area contributed by atoms with Crippen LogP contribution in [-0.4, -0.2) is 13.1 Å². The van der Waals surface area contributed by atoms with Gasteiger partial charge in [-0.2, -0.15) is 0 Å². The molecule has 0 bridgehead atoms. The first-order valence-corrected chi connectivity index (χ1v) is 7.19. The summed E-state index contributed by atoms with van der Waals surface area (Å²) < 4.78 is 13.6. The highest BCUT2D eigenvalue weighted by atomic mass is 35.5. The van der Waals surface area contributed by atoms with Crippen molar-refractivity contribution in [1.29, 1.82) is 0 Å². The second kappa shape index (κ2) is 6.53. The van der Waals surface area contributed by atoms with Crippen LogP contribution < -0.4 is 5.32 Å². The summed E-state index contributed by atoms with van der Waals surface area (Å²) >= 11 is 5.91. The van der Waals surface area contributed by atoms with Gasteiger partial charge in [0.05, 0.1) is 0 Å². The lowest BCUT2D eigenvalue weighted by Crippen LogP contribution is -2.32. The van der Waals surface area contributed by atoms with Crippen LogP contribution in [0.3, 0.4) is 0 Å². The van der Waals surface area contributed by atoms with E-state index in [-0.39, 0.29) is 5.82 Å². The van der Waals surface area contributed by atoms with Crippen molar-refractivity contribution in [3.8, 4) is 0 Å². The Kier molecular flexibility index (Phi) is 5.02. The van der Waals surface area contributed by atoms with Crippen molar-refractivity contribution in [3.05, 3.63) is 34.6 Å². The third kappa shape index (κ3) is 3.46. The average molecular weight is 270 g/mol. The molecule has 1 fully saturated rings. The van der Waals surface area contributed by atoms with Crippen molar-refractivity contribution in [2.24, 2.45) is 5.92 Å². The van der Waals surface area contributed by atoms with Crippen LogP contribution in [0, 0.1) is 11.7 Å². The third-order valence-electron chi connectivity index (χ3n) is 4.07. The van der Waals surface area contributed by atoms with Gasteiger partial charge in [-0.3, -0.25) is 0 Å². The van der Waals surface area contributed by atoms with E-state index >= 15 is 0 Å². The number of aryl methyl sites for hydroxylation is 1. The lowest BCUT2D eigenvalue weighted by Gasteiger charge is -2.23. The largest absolute Gasteiger partial charge is 0.317 e. The summed E-state index contributed by atoms with van der Waals surface area (Å²) in [4.78, 5) is 0. The highest BCUT2D eigenvalue weighted by molar-refractivity contribution is 6.30. The monoisotopic (exact) mass is 269 g/mol. The molecule has 100 valence electrons. The van der Waals surface area contributed by atoms with Crippen molar-refractivity contribution >= 4 is 11.6 Å². The highest BCUT2D eigenvalue weighted by Gasteiger charge is 2.23. The highest BCUT2D eigenvalue weighted by Crippen LogP contribution is 2.29. The fraction of sp³-hybridized carbons (Fsp3) is 0.600. The van der Waals surface area contributed by atoms with E-state index in [4.69, 9.17) is 11.6 Å². The Balaban J connectivity index is 1.94. The lowest BCUT2D eigenvalue weighted by atomic mass is 9.92. The maximum absolute atomic E-state index is 13.6. The van der Waals surface area contributed by atoms with E-state index in [9.17, 15) is 4.39 Å². The summed E-state index contributed by atoms with van der Waals surface area (Å²) in [6.45, 7) is 0. The Bertz CT molecular complexity index is 388. The van der Waals surface area contributed by atoms with Gasteiger partial charge in [-0.1, -0.05) is 24.4 Å². The number of halogens is 2. The number of nitrogens with one attached hydrogen (secondary N) is 1. The van der Waals surface area contributed by atoms with E-state index in [1.54, 1.807) is 12.1 Å². The van der Waals surface area contributed by atoms with Crippen molar-refractivity contribution in [2.45, 2.75) is 44.6 Å². The lowest BCUT2D eigenvalue weighted by molar-refractivity contribution is 0.358. The van der Waals surface area contributed by atoms with Gasteiger partial charge < -0.3 is 5.32 Å². The van der Waals surface area contributed by atoms with Gasteiger partial charge in [0.15, 0.2) is 0 Å². The van der Waals surface area contributed by atoms with Crippen molar-refractivity contribution in [1.82, 2.24) is 5.32 Å². The topological polar surface area (TPSA) is 12.0 Å². The van der Waals surface area contributed by atoms with E-state index in [0.717, 1.165) is 24.3 Å². The van der Waals surface area contributed by atoms with E-state index in [0.29, 0.717) is 11.1 Å². The minimum absolute atomic E-state index is 0.138. The van der Waals surface area contributed by atoms with Crippen LogP contribution in [0.25, 0.3) is 0 Å². The van der Waals surface area contributed by atoms with Gasteiger partial charge in [0.1, 0.15) is 5.82 Å². The van der Waals surface area contributed by atoms with Crippen LogP contribution in [-0.2, 0) is 6.42 Å². The summed E-state index contributed by atoms with van der Waals surface area (Å²) in [6.07, 6.45) is 7.04. The first-order valence-electron chi connectivity index (χ1n) is 6.82. The zero-order valence-electron chi connectivity index (χ0n) is 10.9. The number of rotatable bonds is 5. The summed E-state index contributed by atoms with van der Waals surface area (Å²) in [7, 11) is 2.01. The summed E-state index contributed by atoms with van der Waals surface area (Å²) in [5.41, 5.74) is 0.737. The zero-order valence-corrected chi connectivity index (χ0v) is 11.6. The Morgan fingerprint density at radius 3 is 2.78 bits per heavy atom. The first kappa shape index (κ1) is 13.8. The van der Waals surface area contributed by atoms with E-state index in [1.807, 2.05) is 7.05 Å². The standard InChI is InChI=1S/C15H21ClFN/c1-18-15(11-4-2-3-5-11)9-6-12-10-13(16)7-8-14(12)17/h7-8,10-11,15,18H,2-6,9H2,1H3. The molecule has 0 saturated heterocycles. The zero-order chi connectivity index (χ0) is 13.0. The summed E-state index contributed by atoms with van der Waals surface area (Å²) in [6, 6.07) is 5.32. The Morgan fingerprint density at radius 1 is 1.39 bits per heavy atom. The molecule has 1 N–H and O–H groups in total. The molecule has 0 spiro atoms. The van der Waals surface area contributed by atoms with E-state index < -0.39 is 0 Å². The molecule has 1 atom stereocenters. The van der Waals surface area contributed by atoms with Gasteiger partial charge in [-0.25, -0.2) is 4.39 Å². The Labute approximate surface area is 114 Å². The molecule has 1 aromatic carbocycles. The van der Waals surface area contributed by atoms with Crippen LogP contribution in [0.5, 0.6) is 0 Å². The van der Waals surface area contributed by atoms with Crippen molar-refractivity contribution in [2.75, 3.05) is 7.05 Å². The molecule has 18 heavy (non-hydrogen) atoms. The summed E-state index contributed by atoms with van der Waals surface area (Å²) in [5.74, 6) is 0.623. The van der Waals surface area contributed by atoms with Crippen LogP contribution >= 0.6 is 11.6 Å². The molecule has 0 aliphatic heterocycles.